The first-order valence-electron chi connectivity index (χ1n) is 14.8. The zero-order valence-corrected chi connectivity index (χ0v) is 35.5. The molecule has 0 spiro atoms. The number of halogens is 44. The Hall–Kier alpha value is -1.31. The largest absolute Gasteiger partial charge is 0.385 e. The first kappa shape index (κ1) is 70.8. The molecule has 0 rings (SSSR count). The van der Waals surface area contributed by atoms with E-state index in [2.05, 4.69) is 4.74 Å². The third-order valence-electron chi connectivity index (χ3n) is 8.39. The average molecular weight is 1230 g/mol. The first-order chi connectivity index (χ1) is 29.1. The van der Waals surface area contributed by atoms with Gasteiger partial charge in [0.25, 0.3) is 0 Å². The fourth-order valence-electron chi connectivity index (χ4n) is 4.01. The minimum Gasteiger partial charge on any atom is -0.368 e. The van der Waals surface area contributed by atoms with E-state index in [4.69, 9.17) is 0 Å². The minimum atomic E-state index is -9.95. The standard InChI is InChI=1S/C24H6F44O.Rb/c25-3(26)7(33,34)11(41,42)15(49,50)19(57,58)23(65,66)21(61,62)17(53,54)13(45,46)9(37,38)5(29,30)1-69-2-6(31,32)10(39,40)14(47,48)18(55,56)22(63,64)24(67,68)20(59,60)16(51,52)12(43,44)8(35,36)4(27)28;/h3-4H,1-2H2;. The molecule has 0 N–H and O–H groups in total. The van der Waals surface area contributed by atoms with Crippen LogP contribution in [0.4, 0.5) is 193 Å². The molecule has 1 radical (unpaired) electrons. The van der Waals surface area contributed by atoms with E-state index in [9.17, 15) is 193 Å². The molecule has 417 valence electrons. The number of ether oxygens (including phenoxy) is 1. The normalized spacial score (nSPS) is 16.9. The van der Waals surface area contributed by atoms with E-state index in [0.29, 0.717) is 0 Å². The molecule has 0 aromatic carbocycles. The van der Waals surface area contributed by atoms with Crippen LogP contribution in [-0.2, 0) is 4.74 Å². The van der Waals surface area contributed by atoms with Crippen LogP contribution in [0.1, 0.15) is 0 Å². The van der Waals surface area contributed by atoms with Crippen molar-refractivity contribution in [3.05, 3.63) is 0 Å². The van der Waals surface area contributed by atoms with Crippen molar-refractivity contribution in [3.63, 3.8) is 0 Å². The van der Waals surface area contributed by atoms with Gasteiger partial charge in [-0.05, 0) is 0 Å². The third kappa shape index (κ3) is 8.81. The van der Waals surface area contributed by atoms with Gasteiger partial charge in [0, 0.05) is 58.2 Å². The van der Waals surface area contributed by atoms with Crippen molar-refractivity contribution in [1.29, 1.82) is 0 Å². The molecule has 0 bridgehead atoms. The van der Waals surface area contributed by atoms with Crippen LogP contribution in [0.25, 0.3) is 0 Å². The molecule has 0 saturated heterocycles. The molecular formula is C24H6F44ORb. The molecule has 0 aliphatic rings. The Bertz CT molecular complexity index is 1680. The van der Waals surface area contributed by atoms with Crippen LogP contribution in [-0.4, -0.2) is 203 Å². The van der Waals surface area contributed by atoms with Crippen molar-refractivity contribution < 1.29 is 198 Å². The maximum absolute atomic E-state index is 13.9. The van der Waals surface area contributed by atoms with Gasteiger partial charge in [-0.2, -0.15) is 176 Å². The number of rotatable bonds is 24. The second kappa shape index (κ2) is 18.5. The van der Waals surface area contributed by atoms with Gasteiger partial charge in [-0.1, -0.05) is 0 Å². The number of hydrogen-bond donors (Lipinski definition) is 0. The second-order valence-corrected chi connectivity index (χ2v) is 12.9. The van der Waals surface area contributed by atoms with Crippen molar-refractivity contribution in [2.75, 3.05) is 13.2 Å². The molecule has 0 aliphatic heterocycles. The first-order valence-corrected chi connectivity index (χ1v) is 14.8. The SMILES string of the molecule is FC(F)C(F)(F)C(F)(F)C(F)(F)C(F)(F)C(F)(F)C(F)(F)C(F)(F)C(F)(F)C(F)(F)C(F)(F)COCC(F)(F)C(F)(F)C(F)(F)C(F)(F)C(F)(F)C(F)(F)C(F)(F)C(F)(F)C(F)(F)C(F)(F)C(F)F.[Rb]. The zero-order chi connectivity index (χ0) is 57.3. The maximum atomic E-state index is 13.9. The summed E-state index contributed by atoms with van der Waals surface area (Å²) >= 11 is 0. The predicted octanol–water partition coefficient (Wildman–Crippen LogP) is 13.9. The Morgan fingerprint density at radius 3 is 0.443 bits per heavy atom. The van der Waals surface area contributed by atoms with Gasteiger partial charge in [0.1, 0.15) is 13.2 Å². The summed E-state index contributed by atoms with van der Waals surface area (Å²) in [5.74, 6) is -187. The fourth-order valence-corrected chi connectivity index (χ4v) is 4.01. The average Bonchev–Trinajstić information content (AvgIpc) is 3.12. The Kier molecular flexibility index (Phi) is 18.7. The van der Waals surface area contributed by atoms with E-state index in [1.54, 1.807) is 0 Å². The van der Waals surface area contributed by atoms with Crippen LogP contribution in [0.15, 0.2) is 0 Å². The molecule has 0 fully saturated rings. The van der Waals surface area contributed by atoms with E-state index in [1.807, 2.05) is 0 Å². The van der Waals surface area contributed by atoms with Crippen LogP contribution in [0, 0.1) is 0 Å². The minimum absolute atomic E-state index is 0. The third-order valence-corrected chi connectivity index (χ3v) is 8.39. The molecule has 46 heteroatoms. The molecular weight excluding hydrogens is 1230 g/mol. The summed E-state index contributed by atoms with van der Waals surface area (Å²) in [5.41, 5.74) is 0. The molecule has 0 saturated carbocycles. The molecule has 70 heavy (non-hydrogen) atoms. The molecule has 0 unspecified atom stereocenters. The van der Waals surface area contributed by atoms with Gasteiger partial charge >= 0.3 is 131 Å². The molecule has 0 aromatic heterocycles. The predicted molar refractivity (Wildman–Crippen MR) is 128 cm³/mol. The van der Waals surface area contributed by atoms with Crippen molar-refractivity contribution in [2.24, 2.45) is 0 Å². The van der Waals surface area contributed by atoms with Gasteiger partial charge in [-0.3, -0.25) is 0 Å². The Balaban J connectivity index is 0. The quantitative estimate of drug-likeness (QED) is 0.0876. The molecule has 1 nitrogen and oxygen atoms in total. The number of alkyl halides is 44. The van der Waals surface area contributed by atoms with Crippen LogP contribution in [0.3, 0.4) is 0 Å². The van der Waals surface area contributed by atoms with Crippen LogP contribution in [0.2, 0.25) is 0 Å². The summed E-state index contributed by atoms with van der Waals surface area (Å²) < 4.78 is 596. The summed E-state index contributed by atoms with van der Waals surface area (Å²) in [6.45, 7) is -10.0. The van der Waals surface area contributed by atoms with Gasteiger partial charge in [0.05, 0.1) is 0 Å². The molecule has 0 heterocycles. The van der Waals surface area contributed by atoms with E-state index in [1.165, 1.54) is 0 Å². The molecule has 0 aromatic rings. The summed E-state index contributed by atoms with van der Waals surface area (Å²) in [7, 11) is 0. The van der Waals surface area contributed by atoms with Gasteiger partial charge in [0.2, 0.25) is 0 Å². The zero-order valence-electron chi connectivity index (χ0n) is 30.6. The summed E-state index contributed by atoms with van der Waals surface area (Å²) in [5, 5.41) is 0. The summed E-state index contributed by atoms with van der Waals surface area (Å²) in [6, 6.07) is 0. The number of hydrogen-bond acceptors (Lipinski definition) is 1. The van der Waals surface area contributed by atoms with Crippen molar-refractivity contribution >= 4 is 58.2 Å². The van der Waals surface area contributed by atoms with E-state index < -0.39 is 145 Å². The van der Waals surface area contributed by atoms with Crippen molar-refractivity contribution in [3.8, 4) is 0 Å². The molecule has 0 aliphatic carbocycles. The Morgan fingerprint density at radius 2 is 0.314 bits per heavy atom. The van der Waals surface area contributed by atoms with Gasteiger partial charge in [-0.25, -0.2) is 17.6 Å². The van der Waals surface area contributed by atoms with Crippen LogP contribution in [0.5, 0.6) is 0 Å². The fraction of sp³-hybridized carbons (Fsp3) is 1.00. The van der Waals surface area contributed by atoms with Crippen LogP contribution >= 0.6 is 0 Å². The smallest absolute Gasteiger partial charge is 0.368 e. The van der Waals surface area contributed by atoms with E-state index >= 15 is 0 Å². The van der Waals surface area contributed by atoms with Crippen molar-refractivity contribution in [2.45, 2.75) is 131 Å². The Morgan fingerprint density at radius 1 is 0.200 bits per heavy atom. The summed E-state index contributed by atoms with van der Waals surface area (Å²) in [4.78, 5) is 0. The Labute approximate surface area is 399 Å². The van der Waals surface area contributed by atoms with Crippen molar-refractivity contribution in [1.82, 2.24) is 0 Å². The van der Waals surface area contributed by atoms with Crippen LogP contribution < -0.4 is 0 Å². The molecule has 0 atom stereocenters. The van der Waals surface area contributed by atoms with E-state index in [-0.39, 0.29) is 58.2 Å². The topological polar surface area (TPSA) is 9.23 Å². The van der Waals surface area contributed by atoms with Gasteiger partial charge < -0.3 is 4.74 Å². The maximum Gasteiger partial charge on any atom is 0.385 e. The van der Waals surface area contributed by atoms with Gasteiger partial charge in [-0.15, -0.1) is 0 Å². The molecule has 0 amide bonds. The second-order valence-electron chi connectivity index (χ2n) is 12.9. The van der Waals surface area contributed by atoms with Gasteiger partial charge in [0.15, 0.2) is 0 Å². The van der Waals surface area contributed by atoms with E-state index in [0.717, 1.165) is 0 Å². The summed E-state index contributed by atoms with van der Waals surface area (Å²) in [6.07, 6.45) is -13.0. The monoisotopic (exact) mass is 1230 g/mol.